The van der Waals surface area contributed by atoms with Gasteiger partial charge in [-0.05, 0) is 18.6 Å². The van der Waals surface area contributed by atoms with Gasteiger partial charge in [0, 0.05) is 5.56 Å². The van der Waals surface area contributed by atoms with Crippen molar-refractivity contribution in [3.05, 3.63) is 59.7 Å². The summed E-state index contributed by atoms with van der Waals surface area (Å²) in [6.45, 7) is 1.72. The summed E-state index contributed by atoms with van der Waals surface area (Å²) < 4.78 is 15.7. The average Bonchev–Trinajstić information content (AvgIpc) is 2.71. The second kappa shape index (κ2) is 9.52. The largest absolute Gasteiger partial charge is 0.493 e. The Kier molecular flexibility index (Phi) is 7.11. The maximum absolute atomic E-state index is 12.8. The Bertz CT molecular complexity index is 813. The number of methoxy groups -OCH3 is 2. The predicted octanol–water partition coefficient (Wildman–Crippen LogP) is 3.48. The second-order valence-corrected chi connectivity index (χ2v) is 5.76. The number of benzene rings is 2. The highest BCUT2D eigenvalue weighted by Crippen LogP contribution is 2.32. The van der Waals surface area contributed by atoms with E-state index in [-0.39, 0.29) is 23.5 Å². The first kappa shape index (κ1) is 20.2. The van der Waals surface area contributed by atoms with Crippen LogP contribution in [0.5, 0.6) is 11.5 Å². The molecule has 1 atom stereocenters. The number of ether oxygens (including phenoxy) is 3. The van der Waals surface area contributed by atoms with Crippen molar-refractivity contribution in [2.75, 3.05) is 14.2 Å². The molecule has 0 aliphatic rings. The molecule has 6 nitrogen and oxygen atoms in total. The van der Waals surface area contributed by atoms with Crippen LogP contribution in [0.4, 0.5) is 0 Å². The summed E-state index contributed by atoms with van der Waals surface area (Å²) in [4.78, 5) is 37.1. The lowest BCUT2D eigenvalue weighted by atomic mass is 10.0. The lowest BCUT2D eigenvalue weighted by Gasteiger charge is -2.17. The number of carbonyl (C=O) groups is 3. The van der Waals surface area contributed by atoms with Crippen molar-refractivity contribution >= 4 is 17.5 Å². The van der Waals surface area contributed by atoms with Gasteiger partial charge in [0.25, 0.3) is 0 Å². The first-order valence-electron chi connectivity index (χ1n) is 8.54. The molecule has 2 aromatic carbocycles. The van der Waals surface area contributed by atoms with Gasteiger partial charge in [0.1, 0.15) is 6.42 Å². The summed E-state index contributed by atoms with van der Waals surface area (Å²) >= 11 is 0. The highest BCUT2D eigenvalue weighted by molar-refractivity contribution is 6.07. The molecule has 0 spiro atoms. The number of Topliss-reactive ketones (excluding diaryl/α,β-unsaturated/α-hetero) is 2. The molecular formula is C21H22O6. The monoisotopic (exact) mass is 370 g/mol. The molecule has 0 aliphatic heterocycles. The van der Waals surface area contributed by atoms with E-state index in [1.165, 1.54) is 14.2 Å². The fourth-order valence-electron chi connectivity index (χ4n) is 2.63. The van der Waals surface area contributed by atoms with Crippen LogP contribution in [0, 0.1) is 0 Å². The van der Waals surface area contributed by atoms with Gasteiger partial charge in [0.05, 0.1) is 19.8 Å². The van der Waals surface area contributed by atoms with Crippen molar-refractivity contribution in [3.63, 3.8) is 0 Å². The Morgan fingerprint density at radius 1 is 0.926 bits per heavy atom. The standard InChI is InChI=1S/C21H22O6/c1-4-17(20(24)15-11-8-12-18(25-2)21(15)26-3)27-19(23)13-16(22)14-9-6-5-7-10-14/h5-12,17H,4,13H2,1-3H3. The van der Waals surface area contributed by atoms with Crippen molar-refractivity contribution in [3.8, 4) is 11.5 Å². The van der Waals surface area contributed by atoms with Crippen molar-refractivity contribution < 1.29 is 28.6 Å². The molecule has 0 aromatic heterocycles. The van der Waals surface area contributed by atoms with Gasteiger partial charge in [-0.15, -0.1) is 0 Å². The molecule has 0 N–H and O–H groups in total. The maximum Gasteiger partial charge on any atom is 0.314 e. The van der Waals surface area contributed by atoms with Crippen LogP contribution in [-0.4, -0.2) is 37.9 Å². The molecule has 0 aliphatic carbocycles. The minimum absolute atomic E-state index is 0.255. The van der Waals surface area contributed by atoms with E-state index in [1.807, 2.05) is 0 Å². The molecule has 27 heavy (non-hydrogen) atoms. The number of carbonyl (C=O) groups excluding carboxylic acids is 3. The van der Waals surface area contributed by atoms with Gasteiger partial charge in [-0.1, -0.05) is 43.3 Å². The smallest absolute Gasteiger partial charge is 0.314 e. The average molecular weight is 370 g/mol. The number of rotatable bonds is 9. The van der Waals surface area contributed by atoms with E-state index in [9.17, 15) is 14.4 Å². The van der Waals surface area contributed by atoms with Gasteiger partial charge in [0.15, 0.2) is 23.4 Å². The van der Waals surface area contributed by atoms with E-state index in [2.05, 4.69) is 0 Å². The van der Waals surface area contributed by atoms with Gasteiger partial charge in [-0.25, -0.2) is 0 Å². The molecule has 2 rings (SSSR count). The van der Waals surface area contributed by atoms with Crippen LogP contribution in [0.2, 0.25) is 0 Å². The quantitative estimate of drug-likeness (QED) is 0.382. The van der Waals surface area contributed by atoms with Gasteiger partial charge < -0.3 is 14.2 Å². The fourth-order valence-corrected chi connectivity index (χ4v) is 2.63. The molecule has 2 aromatic rings. The third-order valence-corrected chi connectivity index (χ3v) is 4.01. The van der Waals surface area contributed by atoms with E-state index in [4.69, 9.17) is 14.2 Å². The number of esters is 1. The van der Waals surface area contributed by atoms with Crippen molar-refractivity contribution in [2.45, 2.75) is 25.9 Å². The second-order valence-electron chi connectivity index (χ2n) is 5.76. The van der Waals surface area contributed by atoms with E-state index < -0.39 is 24.3 Å². The molecule has 0 saturated heterocycles. The predicted molar refractivity (Wildman–Crippen MR) is 99.4 cm³/mol. The van der Waals surface area contributed by atoms with E-state index in [0.717, 1.165) is 0 Å². The summed E-state index contributed by atoms with van der Waals surface area (Å²) in [6, 6.07) is 13.4. The topological polar surface area (TPSA) is 78.9 Å². The highest BCUT2D eigenvalue weighted by atomic mass is 16.5. The minimum atomic E-state index is -1.01. The van der Waals surface area contributed by atoms with Crippen molar-refractivity contribution in [1.82, 2.24) is 0 Å². The van der Waals surface area contributed by atoms with Gasteiger partial charge in [-0.2, -0.15) is 0 Å². The number of para-hydroxylation sites is 1. The van der Waals surface area contributed by atoms with Crippen molar-refractivity contribution in [2.24, 2.45) is 0 Å². The molecule has 1 unspecified atom stereocenters. The molecule has 6 heteroatoms. The van der Waals surface area contributed by atoms with Crippen LogP contribution < -0.4 is 9.47 Å². The summed E-state index contributed by atoms with van der Waals surface area (Å²) in [5.41, 5.74) is 0.675. The zero-order valence-corrected chi connectivity index (χ0v) is 15.6. The summed E-state index contributed by atoms with van der Waals surface area (Å²) in [5, 5.41) is 0. The lowest BCUT2D eigenvalue weighted by Crippen LogP contribution is -2.28. The number of hydrogen-bond donors (Lipinski definition) is 0. The van der Waals surface area contributed by atoms with Gasteiger partial charge >= 0.3 is 5.97 Å². The third kappa shape index (κ3) is 4.94. The SMILES string of the molecule is CCC(OC(=O)CC(=O)c1ccccc1)C(=O)c1cccc(OC)c1OC. The molecule has 0 fully saturated rings. The summed E-state index contributed by atoms with van der Waals surface area (Å²) in [6.07, 6.45) is -1.17. The highest BCUT2D eigenvalue weighted by Gasteiger charge is 2.27. The summed E-state index contributed by atoms with van der Waals surface area (Å²) in [5.74, 6) is -0.829. The molecule has 142 valence electrons. The van der Waals surface area contributed by atoms with Crippen LogP contribution in [0.15, 0.2) is 48.5 Å². The van der Waals surface area contributed by atoms with Crippen LogP contribution in [0.3, 0.4) is 0 Å². The van der Waals surface area contributed by atoms with Crippen LogP contribution in [0.1, 0.15) is 40.5 Å². The Morgan fingerprint density at radius 3 is 2.22 bits per heavy atom. The van der Waals surface area contributed by atoms with Crippen molar-refractivity contribution in [1.29, 1.82) is 0 Å². The number of hydrogen-bond acceptors (Lipinski definition) is 6. The zero-order chi connectivity index (χ0) is 19.8. The minimum Gasteiger partial charge on any atom is -0.493 e. The van der Waals surface area contributed by atoms with Gasteiger partial charge in [0.2, 0.25) is 5.78 Å². The molecule has 0 saturated carbocycles. The normalized spacial score (nSPS) is 11.4. The fraction of sp³-hybridized carbons (Fsp3) is 0.286. The summed E-state index contributed by atoms with van der Waals surface area (Å²) in [7, 11) is 2.90. The van der Waals surface area contributed by atoms with E-state index in [1.54, 1.807) is 55.5 Å². The third-order valence-electron chi connectivity index (χ3n) is 4.01. The van der Waals surface area contributed by atoms with E-state index >= 15 is 0 Å². The lowest BCUT2D eigenvalue weighted by molar-refractivity contribution is -0.146. The first-order valence-corrected chi connectivity index (χ1v) is 8.54. The first-order chi connectivity index (χ1) is 13.0. The number of ketones is 2. The molecule has 0 amide bonds. The molecule has 0 bridgehead atoms. The molecule has 0 heterocycles. The Balaban J connectivity index is 2.11. The zero-order valence-electron chi connectivity index (χ0n) is 15.6. The Labute approximate surface area is 158 Å². The Morgan fingerprint density at radius 2 is 1.63 bits per heavy atom. The van der Waals surface area contributed by atoms with Gasteiger partial charge in [-0.3, -0.25) is 14.4 Å². The van der Waals surface area contributed by atoms with Crippen LogP contribution in [-0.2, 0) is 9.53 Å². The maximum atomic E-state index is 12.8. The van der Waals surface area contributed by atoms with E-state index in [0.29, 0.717) is 11.3 Å². The Hall–Kier alpha value is -3.15. The van der Waals surface area contributed by atoms with Crippen LogP contribution >= 0.6 is 0 Å². The molecular weight excluding hydrogens is 348 g/mol. The van der Waals surface area contributed by atoms with Crippen LogP contribution in [0.25, 0.3) is 0 Å². The molecule has 0 radical (unpaired) electrons.